The molecule has 2 atom stereocenters. The maximum Gasteiger partial charge on any atom is 0.329 e. The Labute approximate surface area is 137 Å². The topological polar surface area (TPSA) is 55.4 Å². The first-order valence-corrected chi connectivity index (χ1v) is 8.08. The van der Waals surface area contributed by atoms with Crippen LogP contribution in [0, 0.1) is 5.92 Å². The SMILES string of the molecule is O=C(OCc1ccccc1)C1NC(=O)[C@@H]1Cc1ccc(Cl)s1. The van der Waals surface area contributed by atoms with Crippen LogP contribution in [0.5, 0.6) is 0 Å². The minimum atomic E-state index is -0.572. The van der Waals surface area contributed by atoms with Crippen molar-refractivity contribution in [3.63, 3.8) is 0 Å². The fourth-order valence-electron chi connectivity index (χ4n) is 2.35. The Bertz CT molecular complexity index is 686. The fraction of sp³-hybridized carbons (Fsp3) is 0.250. The minimum Gasteiger partial charge on any atom is -0.459 e. The quantitative estimate of drug-likeness (QED) is 0.675. The Morgan fingerprint density at radius 2 is 2.00 bits per heavy atom. The largest absolute Gasteiger partial charge is 0.459 e. The summed E-state index contributed by atoms with van der Waals surface area (Å²) in [5.41, 5.74) is 0.920. The van der Waals surface area contributed by atoms with Crippen LogP contribution >= 0.6 is 22.9 Å². The van der Waals surface area contributed by atoms with Crippen LogP contribution in [0.3, 0.4) is 0 Å². The summed E-state index contributed by atoms with van der Waals surface area (Å²) in [5, 5.41) is 2.61. The van der Waals surface area contributed by atoms with Crippen molar-refractivity contribution in [2.45, 2.75) is 19.1 Å². The highest BCUT2D eigenvalue weighted by atomic mass is 35.5. The molecular formula is C16H14ClNO3S. The molecule has 114 valence electrons. The van der Waals surface area contributed by atoms with Crippen LogP contribution in [0.1, 0.15) is 10.4 Å². The number of esters is 1. The third-order valence-corrected chi connectivity index (χ3v) is 4.82. The highest BCUT2D eigenvalue weighted by Crippen LogP contribution is 2.28. The third kappa shape index (κ3) is 3.31. The number of carbonyl (C=O) groups is 2. The van der Waals surface area contributed by atoms with Crippen LogP contribution in [0.4, 0.5) is 0 Å². The molecule has 0 spiro atoms. The first kappa shape index (κ1) is 15.1. The summed E-state index contributed by atoms with van der Waals surface area (Å²) >= 11 is 7.31. The van der Waals surface area contributed by atoms with Crippen LogP contribution < -0.4 is 5.32 Å². The van der Waals surface area contributed by atoms with E-state index in [2.05, 4.69) is 5.32 Å². The van der Waals surface area contributed by atoms with Gasteiger partial charge in [-0.25, -0.2) is 4.79 Å². The second-order valence-corrected chi connectivity index (χ2v) is 6.90. The van der Waals surface area contributed by atoms with Crippen LogP contribution in [-0.4, -0.2) is 17.9 Å². The fourth-order valence-corrected chi connectivity index (χ4v) is 3.49. The van der Waals surface area contributed by atoms with Gasteiger partial charge in [-0.15, -0.1) is 11.3 Å². The molecule has 0 aliphatic carbocycles. The predicted molar refractivity (Wildman–Crippen MR) is 84.7 cm³/mol. The molecular weight excluding hydrogens is 322 g/mol. The van der Waals surface area contributed by atoms with E-state index in [0.29, 0.717) is 10.8 Å². The summed E-state index contributed by atoms with van der Waals surface area (Å²) in [6.07, 6.45) is 0.508. The van der Waals surface area contributed by atoms with E-state index in [9.17, 15) is 9.59 Å². The van der Waals surface area contributed by atoms with Crippen molar-refractivity contribution in [2.75, 3.05) is 0 Å². The minimum absolute atomic E-state index is 0.119. The Kier molecular flexibility index (Phi) is 4.45. The molecule has 2 heterocycles. The molecule has 4 nitrogen and oxygen atoms in total. The molecule has 0 bridgehead atoms. The van der Waals surface area contributed by atoms with Crippen molar-refractivity contribution in [2.24, 2.45) is 5.92 Å². The van der Waals surface area contributed by atoms with Gasteiger partial charge in [-0.05, 0) is 24.1 Å². The Hall–Kier alpha value is -1.85. The summed E-state index contributed by atoms with van der Waals surface area (Å²) in [6, 6.07) is 12.5. The van der Waals surface area contributed by atoms with Crippen molar-refractivity contribution in [1.29, 1.82) is 0 Å². The Morgan fingerprint density at radius 3 is 2.64 bits per heavy atom. The smallest absolute Gasteiger partial charge is 0.329 e. The standard InChI is InChI=1S/C16H14ClNO3S/c17-13-7-6-11(22-13)8-12-14(18-15(12)19)16(20)21-9-10-4-2-1-3-5-10/h1-7,12,14H,8-9H2,(H,18,19)/t12-,14?/m1/s1. The van der Waals surface area contributed by atoms with Gasteiger partial charge in [0.15, 0.2) is 0 Å². The predicted octanol–water partition coefficient (Wildman–Crippen LogP) is 2.80. The zero-order valence-corrected chi connectivity index (χ0v) is 13.2. The molecule has 1 unspecified atom stereocenters. The van der Waals surface area contributed by atoms with Gasteiger partial charge in [-0.2, -0.15) is 0 Å². The summed E-state index contributed by atoms with van der Waals surface area (Å²) in [4.78, 5) is 24.8. The van der Waals surface area contributed by atoms with Gasteiger partial charge < -0.3 is 10.1 Å². The van der Waals surface area contributed by atoms with Crippen molar-refractivity contribution in [3.8, 4) is 0 Å². The molecule has 1 saturated heterocycles. The lowest BCUT2D eigenvalue weighted by molar-refractivity contribution is -0.158. The van der Waals surface area contributed by atoms with Gasteiger partial charge in [-0.1, -0.05) is 41.9 Å². The van der Waals surface area contributed by atoms with Gasteiger partial charge in [0.2, 0.25) is 5.91 Å². The van der Waals surface area contributed by atoms with E-state index in [4.69, 9.17) is 16.3 Å². The molecule has 1 aromatic heterocycles. The molecule has 6 heteroatoms. The van der Waals surface area contributed by atoms with E-state index in [0.717, 1.165) is 10.4 Å². The molecule has 0 saturated carbocycles. The van der Waals surface area contributed by atoms with Gasteiger partial charge >= 0.3 is 5.97 Å². The Morgan fingerprint density at radius 1 is 1.23 bits per heavy atom. The summed E-state index contributed by atoms with van der Waals surface area (Å²) in [5.74, 6) is -0.889. The summed E-state index contributed by atoms with van der Waals surface area (Å²) in [6.45, 7) is 0.212. The first-order valence-electron chi connectivity index (χ1n) is 6.88. The lowest BCUT2D eigenvalue weighted by Crippen LogP contribution is -2.62. The van der Waals surface area contributed by atoms with Crippen LogP contribution in [0.25, 0.3) is 0 Å². The molecule has 1 aliphatic rings. The lowest BCUT2D eigenvalue weighted by Gasteiger charge is -2.34. The number of amides is 1. The monoisotopic (exact) mass is 335 g/mol. The number of benzene rings is 1. The van der Waals surface area contributed by atoms with Gasteiger partial charge in [0, 0.05) is 4.88 Å². The molecule has 1 aliphatic heterocycles. The number of hydrogen-bond acceptors (Lipinski definition) is 4. The molecule has 22 heavy (non-hydrogen) atoms. The Balaban J connectivity index is 1.57. The molecule has 1 amide bonds. The highest BCUT2D eigenvalue weighted by Gasteiger charge is 2.45. The van der Waals surface area contributed by atoms with Gasteiger partial charge in [0.25, 0.3) is 0 Å². The van der Waals surface area contributed by atoms with E-state index < -0.39 is 12.0 Å². The molecule has 1 fully saturated rings. The number of thiophene rings is 1. The van der Waals surface area contributed by atoms with Gasteiger partial charge in [0.05, 0.1) is 10.3 Å². The van der Waals surface area contributed by atoms with Crippen molar-refractivity contribution >= 4 is 34.8 Å². The zero-order valence-electron chi connectivity index (χ0n) is 11.6. The van der Waals surface area contributed by atoms with E-state index in [1.54, 1.807) is 6.07 Å². The van der Waals surface area contributed by atoms with E-state index in [-0.39, 0.29) is 18.4 Å². The molecule has 1 N–H and O–H groups in total. The first-order chi connectivity index (χ1) is 10.6. The average molecular weight is 336 g/mol. The van der Waals surface area contributed by atoms with Crippen LogP contribution in [-0.2, 0) is 27.4 Å². The number of β-lactam (4-membered cyclic amide) rings is 1. The van der Waals surface area contributed by atoms with E-state index >= 15 is 0 Å². The molecule has 1 aromatic carbocycles. The number of hydrogen-bond donors (Lipinski definition) is 1. The van der Waals surface area contributed by atoms with Crippen molar-refractivity contribution in [1.82, 2.24) is 5.32 Å². The van der Waals surface area contributed by atoms with Crippen LogP contribution in [0.15, 0.2) is 42.5 Å². The highest BCUT2D eigenvalue weighted by molar-refractivity contribution is 7.16. The van der Waals surface area contributed by atoms with E-state index in [1.165, 1.54) is 11.3 Å². The maximum absolute atomic E-state index is 12.1. The van der Waals surface area contributed by atoms with Crippen LogP contribution in [0.2, 0.25) is 4.34 Å². The molecule has 2 aromatic rings. The molecule has 3 rings (SSSR count). The third-order valence-electron chi connectivity index (χ3n) is 3.56. The van der Waals surface area contributed by atoms with Gasteiger partial charge in [-0.3, -0.25) is 4.79 Å². The maximum atomic E-state index is 12.1. The van der Waals surface area contributed by atoms with Crippen molar-refractivity contribution < 1.29 is 14.3 Å². The van der Waals surface area contributed by atoms with Crippen molar-refractivity contribution in [3.05, 3.63) is 57.2 Å². The summed E-state index contributed by atoms with van der Waals surface area (Å²) < 4.78 is 5.96. The summed E-state index contributed by atoms with van der Waals surface area (Å²) in [7, 11) is 0. The number of nitrogens with one attached hydrogen (secondary N) is 1. The van der Waals surface area contributed by atoms with E-state index in [1.807, 2.05) is 36.4 Å². The number of carbonyl (C=O) groups excluding carboxylic acids is 2. The average Bonchev–Trinajstić information content (AvgIpc) is 2.94. The second kappa shape index (κ2) is 6.50. The number of rotatable bonds is 5. The van der Waals surface area contributed by atoms with Gasteiger partial charge in [0.1, 0.15) is 12.6 Å². The molecule has 0 radical (unpaired) electrons. The lowest BCUT2D eigenvalue weighted by atomic mass is 9.87. The number of halogens is 1. The number of ether oxygens (including phenoxy) is 1. The zero-order chi connectivity index (χ0) is 15.5. The second-order valence-electron chi connectivity index (χ2n) is 5.10. The normalized spacial score (nSPS) is 20.1.